The molecule has 1 aromatic heterocycles. The van der Waals surface area contributed by atoms with Gasteiger partial charge in [0.15, 0.2) is 0 Å². The summed E-state index contributed by atoms with van der Waals surface area (Å²) < 4.78 is 27.5. The highest BCUT2D eigenvalue weighted by Crippen LogP contribution is 2.27. The third-order valence-electron chi connectivity index (χ3n) is 5.58. The maximum atomic E-state index is 13.6. The molecule has 32 heavy (non-hydrogen) atoms. The molecule has 2 heterocycles. The Bertz CT molecular complexity index is 1190. The van der Waals surface area contributed by atoms with E-state index in [2.05, 4.69) is 10.3 Å². The van der Waals surface area contributed by atoms with Gasteiger partial charge < -0.3 is 10.4 Å². The molecule has 0 bridgehead atoms. The summed E-state index contributed by atoms with van der Waals surface area (Å²) in [6.45, 7) is 1.73. The molecule has 2 aromatic carbocycles. The van der Waals surface area contributed by atoms with Gasteiger partial charge in [-0.15, -0.1) is 0 Å². The lowest BCUT2D eigenvalue weighted by Crippen LogP contribution is -2.56. The lowest BCUT2D eigenvalue weighted by atomic mass is 10.0. The monoisotopic (exact) mass is 442 g/mol. The number of carboxylic acid groups (broad SMARTS) is 1. The highest BCUT2D eigenvalue weighted by atomic mass is 19.3. The van der Waals surface area contributed by atoms with E-state index in [9.17, 15) is 18.4 Å². The van der Waals surface area contributed by atoms with E-state index < -0.39 is 18.1 Å². The molecule has 0 saturated carbocycles. The molecule has 1 aliphatic rings. The molecule has 1 atom stereocenters. The minimum Gasteiger partial charge on any atom is -0.465 e. The van der Waals surface area contributed by atoms with E-state index in [1.54, 1.807) is 48.2 Å². The molecule has 0 aliphatic carbocycles. The van der Waals surface area contributed by atoms with Crippen LogP contribution >= 0.6 is 0 Å². The van der Waals surface area contributed by atoms with Gasteiger partial charge in [0, 0.05) is 0 Å². The summed E-state index contributed by atoms with van der Waals surface area (Å²) in [5.74, 6) is -2.31. The van der Waals surface area contributed by atoms with Crippen molar-refractivity contribution in [3.8, 4) is 5.69 Å². The molecule has 7 nitrogen and oxygen atoms in total. The van der Waals surface area contributed by atoms with Crippen molar-refractivity contribution < 1.29 is 18.7 Å². The van der Waals surface area contributed by atoms with Gasteiger partial charge in [0.2, 0.25) is 0 Å². The fraction of sp³-hybridized carbons (Fsp3) is 0.348. The SMILES string of the molecule is CC(NC(=O)O)c1nc2cccc(CCCN3CC(F)(F)C3)c2c(=O)n1-c1ccccc1. The van der Waals surface area contributed by atoms with Crippen molar-refractivity contribution in [2.75, 3.05) is 19.6 Å². The molecule has 168 valence electrons. The number of rotatable bonds is 7. The maximum absolute atomic E-state index is 13.6. The minimum absolute atomic E-state index is 0.220. The number of hydrogen-bond acceptors (Lipinski definition) is 4. The van der Waals surface area contributed by atoms with Gasteiger partial charge in [-0.3, -0.25) is 14.3 Å². The van der Waals surface area contributed by atoms with E-state index in [-0.39, 0.29) is 24.5 Å². The number of likely N-dealkylation sites (tertiary alicyclic amines) is 1. The molecule has 9 heteroatoms. The Morgan fingerprint density at radius 1 is 1.19 bits per heavy atom. The maximum Gasteiger partial charge on any atom is 0.405 e. The van der Waals surface area contributed by atoms with Gasteiger partial charge in [-0.05, 0) is 50.1 Å². The summed E-state index contributed by atoms with van der Waals surface area (Å²) in [6.07, 6.45) is -0.0247. The topological polar surface area (TPSA) is 87.5 Å². The lowest BCUT2D eigenvalue weighted by Gasteiger charge is -2.38. The predicted octanol–water partition coefficient (Wildman–Crippen LogP) is 3.60. The Labute approximate surface area is 183 Å². The molecule has 1 unspecified atom stereocenters. The van der Waals surface area contributed by atoms with Crippen LogP contribution in [-0.4, -0.2) is 51.2 Å². The number of aromatic nitrogens is 2. The highest BCUT2D eigenvalue weighted by Gasteiger charge is 2.43. The molecular weight excluding hydrogens is 418 g/mol. The summed E-state index contributed by atoms with van der Waals surface area (Å²) in [4.78, 5) is 31.2. The van der Waals surface area contributed by atoms with Crippen LogP contribution in [0, 0.1) is 0 Å². The largest absolute Gasteiger partial charge is 0.465 e. The summed E-state index contributed by atoms with van der Waals surface area (Å²) in [5, 5.41) is 12.0. The second-order valence-corrected chi connectivity index (χ2v) is 8.10. The fourth-order valence-corrected chi connectivity index (χ4v) is 4.15. The Morgan fingerprint density at radius 3 is 2.56 bits per heavy atom. The van der Waals surface area contributed by atoms with Crippen LogP contribution in [0.4, 0.5) is 13.6 Å². The van der Waals surface area contributed by atoms with E-state index in [0.29, 0.717) is 36.0 Å². The van der Waals surface area contributed by atoms with Crippen molar-refractivity contribution in [1.82, 2.24) is 19.8 Å². The van der Waals surface area contributed by atoms with Crippen LogP contribution < -0.4 is 10.9 Å². The molecule has 2 N–H and O–H groups in total. The molecule has 1 aliphatic heterocycles. The second-order valence-electron chi connectivity index (χ2n) is 8.10. The zero-order chi connectivity index (χ0) is 22.9. The Kier molecular flexibility index (Phi) is 5.92. The van der Waals surface area contributed by atoms with E-state index in [1.165, 1.54) is 4.57 Å². The number of carbonyl (C=O) groups is 1. The molecule has 0 spiro atoms. The summed E-state index contributed by atoms with van der Waals surface area (Å²) >= 11 is 0. The highest BCUT2D eigenvalue weighted by molar-refractivity contribution is 5.82. The zero-order valence-corrected chi connectivity index (χ0v) is 17.6. The number of benzene rings is 2. The van der Waals surface area contributed by atoms with Crippen LogP contribution in [0.15, 0.2) is 53.3 Å². The van der Waals surface area contributed by atoms with Crippen LogP contribution in [-0.2, 0) is 6.42 Å². The number of fused-ring (bicyclic) bond motifs is 1. The van der Waals surface area contributed by atoms with Crippen molar-refractivity contribution in [3.63, 3.8) is 0 Å². The first-order valence-electron chi connectivity index (χ1n) is 10.4. The van der Waals surface area contributed by atoms with Gasteiger partial charge in [0.1, 0.15) is 5.82 Å². The van der Waals surface area contributed by atoms with E-state index >= 15 is 0 Å². The lowest BCUT2D eigenvalue weighted by molar-refractivity contribution is -0.130. The number of alkyl halides is 2. The molecule has 1 fully saturated rings. The molecule has 0 radical (unpaired) electrons. The summed E-state index contributed by atoms with van der Waals surface area (Å²) in [6, 6.07) is 13.6. The third-order valence-corrected chi connectivity index (χ3v) is 5.58. The van der Waals surface area contributed by atoms with Gasteiger partial charge in [-0.25, -0.2) is 18.6 Å². The average Bonchev–Trinajstić information content (AvgIpc) is 2.72. The standard InChI is InChI=1S/C23H24F2N4O3/c1-15(26-22(31)32)20-27-18-11-5-7-16(8-6-12-28-13-23(24,25)14-28)19(18)21(30)29(20)17-9-3-2-4-10-17/h2-5,7,9-11,15,26H,6,8,12-14H2,1H3,(H,31,32). The van der Waals surface area contributed by atoms with Crippen molar-refractivity contribution in [3.05, 3.63) is 70.3 Å². The number of amides is 1. The quantitative estimate of drug-likeness (QED) is 0.584. The Morgan fingerprint density at radius 2 is 1.91 bits per heavy atom. The van der Waals surface area contributed by atoms with Crippen molar-refractivity contribution >= 4 is 17.0 Å². The first-order valence-corrected chi connectivity index (χ1v) is 10.4. The van der Waals surface area contributed by atoms with Crippen LogP contribution in [0.5, 0.6) is 0 Å². The summed E-state index contributed by atoms with van der Waals surface area (Å²) in [5.41, 5.74) is 1.56. The third kappa shape index (κ3) is 4.47. The minimum atomic E-state index is -2.59. The fourth-order valence-electron chi connectivity index (χ4n) is 4.15. The van der Waals surface area contributed by atoms with Crippen LogP contribution in [0.1, 0.15) is 30.8 Å². The number of nitrogens with zero attached hydrogens (tertiary/aromatic N) is 3. The molecular formula is C23H24F2N4O3. The molecule has 4 rings (SSSR count). The van der Waals surface area contributed by atoms with Gasteiger partial charge in [-0.2, -0.15) is 0 Å². The number of halogens is 2. The number of aryl methyl sites for hydroxylation is 1. The zero-order valence-electron chi connectivity index (χ0n) is 17.6. The van der Waals surface area contributed by atoms with E-state index in [4.69, 9.17) is 5.11 Å². The van der Waals surface area contributed by atoms with E-state index in [1.807, 2.05) is 12.1 Å². The first kappa shape index (κ1) is 21.9. The van der Waals surface area contributed by atoms with Crippen molar-refractivity contribution in [1.29, 1.82) is 0 Å². The van der Waals surface area contributed by atoms with Gasteiger partial charge in [0.05, 0.1) is 35.7 Å². The number of hydrogen-bond donors (Lipinski definition) is 2. The normalized spacial score (nSPS) is 16.5. The first-order chi connectivity index (χ1) is 15.2. The summed E-state index contributed by atoms with van der Waals surface area (Å²) in [7, 11) is 0. The molecule has 3 aromatic rings. The van der Waals surface area contributed by atoms with Crippen LogP contribution in [0.3, 0.4) is 0 Å². The smallest absolute Gasteiger partial charge is 0.405 e. The van der Waals surface area contributed by atoms with Gasteiger partial charge in [0.25, 0.3) is 11.5 Å². The second kappa shape index (κ2) is 8.66. The average molecular weight is 442 g/mol. The van der Waals surface area contributed by atoms with Crippen LogP contribution in [0.2, 0.25) is 0 Å². The van der Waals surface area contributed by atoms with Crippen molar-refractivity contribution in [2.24, 2.45) is 0 Å². The number of para-hydroxylation sites is 1. The predicted molar refractivity (Wildman–Crippen MR) is 117 cm³/mol. The van der Waals surface area contributed by atoms with Crippen LogP contribution in [0.25, 0.3) is 16.6 Å². The van der Waals surface area contributed by atoms with Crippen molar-refractivity contribution in [2.45, 2.75) is 31.7 Å². The Hall–Kier alpha value is -3.33. The van der Waals surface area contributed by atoms with Gasteiger partial charge >= 0.3 is 6.09 Å². The van der Waals surface area contributed by atoms with E-state index in [0.717, 1.165) is 5.56 Å². The Balaban J connectivity index is 1.73. The molecule has 1 saturated heterocycles. The molecule has 1 amide bonds. The number of nitrogens with one attached hydrogen (secondary N) is 1. The van der Waals surface area contributed by atoms with Gasteiger partial charge in [-0.1, -0.05) is 30.3 Å².